The average Bonchev–Trinajstić information content (AvgIpc) is 2.55. The van der Waals surface area contributed by atoms with E-state index in [0.717, 1.165) is 23.5 Å². The lowest BCUT2D eigenvalue weighted by atomic mass is 10.0. The van der Waals surface area contributed by atoms with Crippen LogP contribution < -0.4 is 25.8 Å². The van der Waals surface area contributed by atoms with Crippen LogP contribution in [0.25, 0.3) is 0 Å². The van der Waals surface area contributed by atoms with E-state index in [-0.39, 0.29) is 17.7 Å². The molecule has 0 radical (unpaired) electrons. The third-order valence-corrected chi connectivity index (χ3v) is 3.84. The second-order valence-corrected chi connectivity index (χ2v) is 5.81. The van der Waals surface area contributed by atoms with E-state index in [1.807, 2.05) is 19.2 Å². The van der Waals surface area contributed by atoms with Gasteiger partial charge in [-0.05, 0) is 18.9 Å². The smallest absolute Gasteiger partial charge is 0.222 e. The molecule has 1 aromatic heterocycles. The number of ether oxygens (including phenoxy) is 2. The van der Waals surface area contributed by atoms with Gasteiger partial charge < -0.3 is 25.8 Å². The van der Waals surface area contributed by atoms with Gasteiger partial charge in [-0.2, -0.15) is 4.98 Å². The maximum Gasteiger partial charge on any atom is 0.222 e. The van der Waals surface area contributed by atoms with Gasteiger partial charge in [-0.15, -0.1) is 0 Å². The second kappa shape index (κ2) is 7.25. The summed E-state index contributed by atoms with van der Waals surface area (Å²) in [4.78, 5) is 9.96. The molecule has 2 rings (SSSR count). The number of aromatic nitrogens is 2. The summed E-state index contributed by atoms with van der Waals surface area (Å²) < 4.78 is 11.5. The van der Waals surface area contributed by atoms with Crippen molar-refractivity contribution in [2.24, 2.45) is 0 Å². The molecular formula is C17H25N5O2. The Morgan fingerprint density at radius 1 is 1.17 bits per heavy atom. The molecule has 7 heteroatoms. The van der Waals surface area contributed by atoms with E-state index >= 15 is 0 Å². The largest absolute Gasteiger partial charge is 0.495 e. The molecule has 0 amide bonds. The topological polar surface area (TPSA) is 99.5 Å². The minimum absolute atomic E-state index is 0.116. The number of hydrogen-bond donors (Lipinski definition) is 2. The Bertz CT molecular complexity index is 718. The molecule has 0 saturated heterocycles. The lowest BCUT2D eigenvalue weighted by molar-refractivity contribution is 0.411. The van der Waals surface area contributed by atoms with Gasteiger partial charge in [0.25, 0.3) is 0 Å². The standard InChI is InChI=1S/C17H25N5O2/c1-6-22(4)12-8-13(11(10(2)3)7-14(12)23-5)24-15-9-20-17(19)21-16(15)18/h7-10H,6H2,1-5H3,(H4,18,19,20,21). The van der Waals surface area contributed by atoms with Crippen molar-refractivity contribution in [1.29, 1.82) is 0 Å². The van der Waals surface area contributed by atoms with E-state index < -0.39 is 0 Å². The van der Waals surface area contributed by atoms with Gasteiger partial charge >= 0.3 is 0 Å². The molecule has 130 valence electrons. The van der Waals surface area contributed by atoms with Gasteiger partial charge in [-0.25, -0.2) is 4.98 Å². The monoisotopic (exact) mass is 331 g/mol. The van der Waals surface area contributed by atoms with Crippen molar-refractivity contribution >= 4 is 17.5 Å². The lowest BCUT2D eigenvalue weighted by Crippen LogP contribution is -2.17. The summed E-state index contributed by atoms with van der Waals surface area (Å²) >= 11 is 0. The number of nitrogens with two attached hydrogens (primary N) is 2. The average molecular weight is 331 g/mol. The van der Waals surface area contributed by atoms with Crippen LogP contribution in [0.5, 0.6) is 17.2 Å². The van der Waals surface area contributed by atoms with Gasteiger partial charge in [0, 0.05) is 25.2 Å². The van der Waals surface area contributed by atoms with Crippen molar-refractivity contribution in [2.75, 3.05) is 37.1 Å². The summed E-state index contributed by atoms with van der Waals surface area (Å²) in [5.74, 6) is 2.44. The van der Waals surface area contributed by atoms with E-state index in [2.05, 4.69) is 35.6 Å². The van der Waals surface area contributed by atoms with Crippen LogP contribution in [0, 0.1) is 0 Å². The van der Waals surface area contributed by atoms with Crippen molar-refractivity contribution in [2.45, 2.75) is 26.7 Å². The molecular weight excluding hydrogens is 306 g/mol. The highest BCUT2D eigenvalue weighted by Crippen LogP contribution is 2.40. The summed E-state index contributed by atoms with van der Waals surface area (Å²) in [6.07, 6.45) is 1.48. The Balaban J connectivity index is 2.53. The third-order valence-electron chi connectivity index (χ3n) is 3.84. The molecule has 24 heavy (non-hydrogen) atoms. The van der Waals surface area contributed by atoms with Crippen LogP contribution in [0.1, 0.15) is 32.3 Å². The van der Waals surface area contributed by atoms with E-state index in [1.165, 1.54) is 6.20 Å². The first kappa shape index (κ1) is 17.7. The first-order chi connectivity index (χ1) is 11.4. The molecule has 0 bridgehead atoms. The molecule has 1 heterocycles. The zero-order chi connectivity index (χ0) is 17.9. The van der Waals surface area contributed by atoms with Crippen LogP contribution in [0.4, 0.5) is 17.5 Å². The minimum atomic E-state index is 0.116. The van der Waals surface area contributed by atoms with E-state index in [1.54, 1.807) is 7.11 Å². The normalized spacial score (nSPS) is 10.8. The Kier molecular flexibility index (Phi) is 5.33. The number of methoxy groups -OCH3 is 1. The first-order valence-corrected chi connectivity index (χ1v) is 7.86. The highest BCUT2D eigenvalue weighted by molar-refractivity contribution is 5.65. The highest BCUT2D eigenvalue weighted by atomic mass is 16.5. The Hall–Kier alpha value is -2.70. The van der Waals surface area contributed by atoms with E-state index in [0.29, 0.717) is 11.5 Å². The molecule has 1 aromatic carbocycles. The number of nitrogens with zero attached hydrogens (tertiary/aromatic N) is 3. The van der Waals surface area contributed by atoms with Crippen LogP contribution in [-0.2, 0) is 0 Å². The summed E-state index contributed by atoms with van der Waals surface area (Å²) in [6, 6.07) is 3.95. The van der Waals surface area contributed by atoms with Crippen LogP contribution in [0.3, 0.4) is 0 Å². The maximum absolute atomic E-state index is 6.00. The molecule has 0 aliphatic heterocycles. The zero-order valence-electron chi connectivity index (χ0n) is 14.8. The zero-order valence-corrected chi connectivity index (χ0v) is 14.8. The van der Waals surface area contributed by atoms with Crippen molar-refractivity contribution in [3.63, 3.8) is 0 Å². The minimum Gasteiger partial charge on any atom is -0.495 e. The molecule has 4 N–H and O–H groups in total. The van der Waals surface area contributed by atoms with E-state index in [4.69, 9.17) is 20.9 Å². The molecule has 0 saturated carbocycles. The van der Waals surface area contributed by atoms with Crippen molar-refractivity contribution in [3.05, 3.63) is 23.9 Å². The SMILES string of the molecule is CCN(C)c1cc(Oc2cnc(N)nc2N)c(C(C)C)cc1OC. The van der Waals surface area contributed by atoms with Crippen molar-refractivity contribution in [1.82, 2.24) is 9.97 Å². The second-order valence-electron chi connectivity index (χ2n) is 5.81. The predicted molar refractivity (Wildman–Crippen MR) is 97.0 cm³/mol. The highest BCUT2D eigenvalue weighted by Gasteiger charge is 2.18. The lowest BCUT2D eigenvalue weighted by Gasteiger charge is -2.23. The first-order valence-electron chi connectivity index (χ1n) is 7.86. The van der Waals surface area contributed by atoms with Crippen LogP contribution >= 0.6 is 0 Å². The van der Waals surface area contributed by atoms with Crippen molar-refractivity contribution < 1.29 is 9.47 Å². The Labute approximate surface area is 142 Å². The van der Waals surface area contributed by atoms with Gasteiger partial charge in [0.15, 0.2) is 11.6 Å². The van der Waals surface area contributed by atoms with Gasteiger partial charge in [0.1, 0.15) is 11.5 Å². The summed E-state index contributed by atoms with van der Waals surface area (Å²) in [5, 5.41) is 0. The number of nitrogen functional groups attached to an aromatic ring is 2. The summed E-state index contributed by atoms with van der Waals surface area (Å²) in [7, 11) is 3.66. The van der Waals surface area contributed by atoms with Gasteiger partial charge in [-0.1, -0.05) is 13.8 Å². The van der Waals surface area contributed by atoms with Gasteiger partial charge in [-0.3, -0.25) is 0 Å². The van der Waals surface area contributed by atoms with Crippen LogP contribution in [-0.4, -0.2) is 30.7 Å². The van der Waals surface area contributed by atoms with Crippen LogP contribution in [0.15, 0.2) is 18.3 Å². The fourth-order valence-corrected chi connectivity index (χ4v) is 2.33. The molecule has 2 aromatic rings. The number of hydrogen-bond acceptors (Lipinski definition) is 7. The summed E-state index contributed by atoms with van der Waals surface area (Å²) in [5.41, 5.74) is 13.4. The molecule has 0 spiro atoms. The van der Waals surface area contributed by atoms with Crippen LogP contribution in [0.2, 0.25) is 0 Å². The Morgan fingerprint density at radius 3 is 2.42 bits per heavy atom. The number of rotatable bonds is 6. The molecule has 0 fully saturated rings. The fourth-order valence-electron chi connectivity index (χ4n) is 2.33. The predicted octanol–water partition coefficient (Wildman–Crippen LogP) is 3.02. The summed E-state index contributed by atoms with van der Waals surface area (Å²) in [6.45, 7) is 7.09. The quantitative estimate of drug-likeness (QED) is 0.839. The number of benzene rings is 1. The maximum atomic E-state index is 6.00. The molecule has 7 nitrogen and oxygen atoms in total. The number of anilines is 3. The Morgan fingerprint density at radius 2 is 1.88 bits per heavy atom. The molecule has 0 atom stereocenters. The fraction of sp³-hybridized carbons (Fsp3) is 0.412. The van der Waals surface area contributed by atoms with Gasteiger partial charge in [0.05, 0.1) is 19.0 Å². The molecule has 0 aliphatic carbocycles. The third kappa shape index (κ3) is 3.61. The van der Waals surface area contributed by atoms with E-state index in [9.17, 15) is 0 Å². The van der Waals surface area contributed by atoms with Crippen molar-refractivity contribution in [3.8, 4) is 17.2 Å². The van der Waals surface area contributed by atoms with Gasteiger partial charge in [0.2, 0.25) is 5.95 Å². The molecule has 0 aliphatic rings. The molecule has 0 unspecified atom stereocenters.